The predicted octanol–water partition coefficient (Wildman–Crippen LogP) is 3.16. The van der Waals surface area contributed by atoms with Crippen LogP contribution in [0.4, 0.5) is 0 Å². The number of ether oxygens (including phenoxy) is 1. The van der Waals surface area contributed by atoms with E-state index < -0.39 is 0 Å². The van der Waals surface area contributed by atoms with Gasteiger partial charge in [0.2, 0.25) is 0 Å². The van der Waals surface area contributed by atoms with Crippen molar-refractivity contribution >= 4 is 11.8 Å². The average Bonchev–Trinajstić information content (AvgIpc) is 2.60. The highest BCUT2D eigenvalue weighted by molar-refractivity contribution is 7.98. The molecule has 1 unspecified atom stereocenters. The van der Waals surface area contributed by atoms with Crippen LogP contribution in [0, 0.1) is 5.41 Å². The van der Waals surface area contributed by atoms with Gasteiger partial charge in [-0.15, -0.1) is 11.8 Å². The van der Waals surface area contributed by atoms with E-state index in [1.165, 1.54) is 35.3 Å². The maximum atomic E-state index is 9.84. The molecule has 0 bridgehead atoms. The van der Waals surface area contributed by atoms with Gasteiger partial charge in [0.15, 0.2) is 0 Å². The van der Waals surface area contributed by atoms with Gasteiger partial charge in [-0.25, -0.2) is 0 Å². The lowest BCUT2D eigenvalue weighted by atomic mass is 9.80. The first-order valence-electron chi connectivity index (χ1n) is 8.35. The molecule has 0 radical (unpaired) electrons. The van der Waals surface area contributed by atoms with Crippen LogP contribution in [0.1, 0.15) is 42.9 Å². The van der Waals surface area contributed by atoms with Crippen LogP contribution in [-0.4, -0.2) is 37.7 Å². The maximum absolute atomic E-state index is 9.84. The van der Waals surface area contributed by atoms with Gasteiger partial charge in [0.25, 0.3) is 0 Å². The number of aliphatic hydroxyl groups excluding tert-OH is 1. The Morgan fingerprint density at radius 1 is 1.36 bits per heavy atom. The van der Waals surface area contributed by atoms with Crippen LogP contribution in [0.15, 0.2) is 23.1 Å². The van der Waals surface area contributed by atoms with E-state index in [1.54, 1.807) is 0 Å². The second kappa shape index (κ2) is 7.35. The molecule has 1 fully saturated rings. The van der Waals surface area contributed by atoms with Gasteiger partial charge in [-0.3, -0.25) is 0 Å². The minimum atomic E-state index is 0.00900. The molecule has 22 heavy (non-hydrogen) atoms. The largest absolute Gasteiger partial charge is 0.396 e. The highest BCUT2D eigenvalue weighted by atomic mass is 32.2. The van der Waals surface area contributed by atoms with Crippen LogP contribution in [0.25, 0.3) is 0 Å². The Hall–Kier alpha value is -0.550. The molecule has 1 aliphatic heterocycles. The number of aryl methyl sites for hydroxylation is 1. The number of benzene rings is 1. The molecule has 0 saturated carbocycles. The van der Waals surface area contributed by atoms with Crippen molar-refractivity contribution in [2.45, 2.75) is 43.0 Å². The molecule has 2 N–H and O–H groups in total. The van der Waals surface area contributed by atoms with Gasteiger partial charge >= 0.3 is 0 Å². The average molecular weight is 321 g/mol. The van der Waals surface area contributed by atoms with Gasteiger partial charge in [0, 0.05) is 36.1 Å². The summed E-state index contributed by atoms with van der Waals surface area (Å²) in [4.78, 5) is 1.36. The molecule has 122 valence electrons. The minimum Gasteiger partial charge on any atom is -0.396 e. The van der Waals surface area contributed by atoms with Crippen LogP contribution in [0.5, 0.6) is 0 Å². The summed E-state index contributed by atoms with van der Waals surface area (Å²) in [5, 5.41) is 13.6. The third-order valence-corrected chi connectivity index (χ3v) is 6.00. The first-order chi connectivity index (χ1) is 10.8. The molecule has 1 atom stereocenters. The van der Waals surface area contributed by atoms with Crippen LogP contribution in [0.3, 0.4) is 0 Å². The van der Waals surface area contributed by atoms with E-state index in [2.05, 4.69) is 29.8 Å². The summed E-state index contributed by atoms with van der Waals surface area (Å²) in [7, 11) is 0. The number of hydrogen-bond donors (Lipinski definition) is 2. The van der Waals surface area contributed by atoms with Crippen molar-refractivity contribution in [3.63, 3.8) is 0 Å². The molecule has 3 nitrogen and oxygen atoms in total. The summed E-state index contributed by atoms with van der Waals surface area (Å²) in [5.41, 5.74) is 2.97. The SMILES string of the molecule is CSc1ccc2c(c1)CCCC2NCC1(CO)CCOCC1. The van der Waals surface area contributed by atoms with Crippen molar-refractivity contribution in [1.29, 1.82) is 0 Å². The third-order valence-electron chi connectivity index (χ3n) is 5.28. The Morgan fingerprint density at radius 3 is 2.91 bits per heavy atom. The quantitative estimate of drug-likeness (QED) is 0.818. The number of nitrogens with one attached hydrogen (secondary N) is 1. The Kier molecular flexibility index (Phi) is 5.45. The van der Waals surface area contributed by atoms with Crippen LogP contribution in [-0.2, 0) is 11.2 Å². The van der Waals surface area contributed by atoms with E-state index in [1.807, 2.05) is 11.8 Å². The van der Waals surface area contributed by atoms with Gasteiger partial charge in [-0.05, 0) is 61.6 Å². The van der Waals surface area contributed by atoms with Gasteiger partial charge < -0.3 is 15.2 Å². The number of hydrogen-bond acceptors (Lipinski definition) is 4. The molecule has 4 heteroatoms. The molecule has 1 saturated heterocycles. The van der Waals surface area contributed by atoms with Gasteiger partial charge in [-0.1, -0.05) is 6.07 Å². The molecule has 0 aromatic heterocycles. The number of fused-ring (bicyclic) bond motifs is 1. The van der Waals surface area contributed by atoms with Crippen molar-refractivity contribution < 1.29 is 9.84 Å². The van der Waals surface area contributed by atoms with E-state index in [0.717, 1.165) is 32.6 Å². The number of thioether (sulfide) groups is 1. The minimum absolute atomic E-state index is 0.00900. The van der Waals surface area contributed by atoms with Crippen molar-refractivity contribution in [3.8, 4) is 0 Å². The van der Waals surface area contributed by atoms with Crippen LogP contribution >= 0.6 is 11.8 Å². The van der Waals surface area contributed by atoms with E-state index in [9.17, 15) is 5.11 Å². The predicted molar refractivity (Wildman–Crippen MR) is 91.5 cm³/mol. The second-order valence-corrected chi connectivity index (χ2v) is 7.54. The van der Waals surface area contributed by atoms with E-state index in [-0.39, 0.29) is 12.0 Å². The van der Waals surface area contributed by atoms with Gasteiger partial charge in [0.05, 0.1) is 6.61 Å². The lowest BCUT2D eigenvalue weighted by Gasteiger charge is -2.38. The summed E-state index contributed by atoms with van der Waals surface area (Å²) >= 11 is 1.81. The Morgan fingerprint density at radius 2 is 2.18 bits per heavy atom. The van der Waals surface area contributed by atoms with Crippen LogP contribution in [0.2, 0.25) is 0 Å². The zero-order valence-electron chi connectivity index (χ0n) is 13.4. The molecule has 1 heterocycles. The molecular formula is C18H27NO2S. The first kappa shape index (κ1) is 16.3. The van der Waals surface area contributed by atoms with Crippen molar-refractivity contribution in [2.75, 3.05) is 32.6 Å². The zero-order valence-corrected chi connectivity index (χ0v) is 14.3. The van der Waals surface area contributed by atoms with Crippen molar-refractivity contribution in [2.24, 2.45) is 5.41 Å². The maximum Gasteiger partial charge on any atom is 0.0501 e. The summed E-state index contributed by atoms with van der Waals surface area (Å²) < 4.78 is 5.46. The van der Waals surface area contributed by atoms with E-state index in [0.29, 0.717) is 6.04 Å². The van der Waals surface area contributed by atoms with Crippen molar-refractivity contribution in [1.82, 2.24) is 5.32 Å². The van der Waals surface area contributed by atoms with E-state index in [4.69, 9.17) is 4.74 Å². The first-order valence-corrected chi connectivity index (χ1v) is 9.58. The highest BCUT2D eigenvalue weighted by Crippen LogP contribution is 2.34. The molecule has 0 spiro atoms. The topological polar surface area (TPSA) is 41.5 Å². The fourth-order valence-corrected chi connectivity index (χ4v) is 4.13. The summed E-state index contributed by atoms with van der Waals surface area (Å²) in [6.07, 6.45) is 7.70. The fourth-order valence-electron chi connectivity index (χ4n) is 3.66. The monoisotopic (exact) mass is 321 g/mol. The van der Waals surface area contributed by atoms with E-state index >= 15 is 0 Å². The van der Waals surface area contributed by atoms with Gasteiger partial charge in [-0.2, -0.15) is 0 Å². The molecule has 1 aromatic rings. The summed E-state index contributed by atoms with van der Waals surface area (Å²) in [6.45, 7) is 2.71. The molecule has 1 aliphatic carbocycles. The molecular weight excluding hydrogens is 294 g/mol. The number of aliphatic hydroxyl groups is 1. The van der Waals surface area contributed by atoms with Gasteiger partial charge in [0.1, 0.15) is 0 Å². The fraction of sp³-hybridized carbons (Fsp3) is 0.667. The lowest BCUT2D eigenvalue weighted by molar-refractivity contribution is -0.0168. The molecule has 2 aliphatic rings. The Balaban J connectivity index is 1.69. The normalized spacial score (nSPS) is 24.0. The number of rotatable bonds is 5. The Bertz CT molecular complexity index is 500. The summed E-state index contributed by atoms with van der Waals surface area (Å²) in [6, 6.07) is 7.32. The highest BCUT2D eigenvalue weighted by Gasteiger charge is 2.33. The lowest BCUT2D eigenvalue weighted by Crippen LogP contribution is -2.43. The second-order valence-electron chi connectivity index (χ2n) is 6.66. The summed E-state index contributed by atoms with van der Waals surface area (Å²) in [5.74, 6) is 0. The van der Waals surface area contributed by atoms with Crippen LogP contribution < -0.4 is 5.32 Å². The Labute approximate surface area is 137 Å². The molecule has 0 amide bonds. The third kappa shape index (κ3) is 3.51. The molecule has 1 aromatic carbocycles. The zero-order chi connectivity index (χ0) is 15.4. The molecule has 3 rings (SSSR count). The van der Waals surface area contributed by atoms with Crippen molar-refractivity contribution in [3.05, 3.63) is 29.3 Å². The smallest absolute Gasteiger partial charge is 0.0501 e. The standard InChI is InChI=1S/C18H27NO2S/c1-22-15-5-6-16-14(11-15)3-2-4-17(16)19-12-18(13-20)7-9-21-10-8-18/h5-6,11,17,19-20H,2-4,7-10,12-13H2,1H3.